The summed E-state index contributed by atoms with van der Waals surface area (Å²) in [5.74, 6) is 4.23. The van der Waals surface area contributed by atoms with Crippen LogP contribution in [0.4, 0.5) is 0 Å². The molecule has 0 bridgehead atoms. The zero-order valence-corrected chi connectivity index (χ0v) is 28.7. The molecular formula is C34H33ClIN3O4S. The van der Waals surface area contributed by atoms with Crippen LogP contribution in [0, 0.1) is 10.5 Å². The van der Waals surface area contributed by atoms with Crippen LogP contribution in [0.5, 0.6) is 23.0 Å². The van der Waals surface area contributed by atoms with Crippen LogP contribution in [0.15, 0.2) is 90.1 Å². The Morgan fingerprint density at radius 2 is 1.48 bits per heavy atom. The van der Waals surface area contributed by atoms with Crippen LogP contribution >= 0.6 is 46.0 Å². The highest BCUT2D eigenvalue weighted by atomic mass is 127. The number of aryl methyl sites for hydroxylation is 1. The van der Waals surface area contributed by atoms with Crippen molar-refractivity contribution in [3.8, 4) is 45.5 Å². The second kappa shape index (κ2) is 15.0. The molecule has 0 saturated carbocycles. The van der Waals surface area contributed by atoms with Crippen molar-refractivity contribution in [2.75, 3.05) is 33.7 Å². The van der Waals surface area contributed by atoms with E-state index in [2.05, 4.69) is 74.6 Å². The monoisotopic (exact) mass is 741 g/mol. The molecule has 0 fully saturated rings. The number of rotatable bonds is 13. The van der Waals surface area contributed by atoms with E-state index in [1.165, 1.54) is 5.56 Å². The third kappa shape index (κ3) is 7.99. The maximum absolute atomic E-state index is 6.83. The minimum absolute atomic E-state index is 0.267. The van der Waals surface area contributed by atoms with Crippen LogP contribution < -0.4 is 18.9 Å². The summed E-state index contributed by atoms with van der Waals surface area (Å²) in [4.78, 5) is 0. The lowest BCUT2D eigenvalue weighted by Gasteiger charge is -2.16. The maximum atomic E-state index is 6.83. The predicted octanol–water partition coefficient (Wildman–Crippen LogP) is 8.38. The lowest BCUT2D eigenvalue weighted by atomic mass is 10.0. The Bertz CT molecular complexity index is 1670. The van der Waals surface area contributed by atoms with Crippen LogP contribution in [0.3, 0.4) is 0 Å². The molecule has 10 heteroatoms. The Balaban J connectivity index is 1.35. The van der Waals surface area contributed by atoms with Gasteiger partial charge in [-0.2, -0.15) is 0 Å². The van der Waals surface area contributed by atoms with Crippen molar-refractivity contribution in [3.63, 3.8) is 0 Å². The number of nitrogens with zero attached hydrogens (tertiary/aromatic N) is 3. The molecule has 1 unspecified atom stereocenters. The third-order valence-corrected chi connectivity index (χ3v) is 9.21. The summed E-state index contributed by atoms with van der Waals surface area (Å²) in [6.07, 6.45) is 0. The number of halogens is 2. The van der Waals surface area contributed by atoms with Gasteiger partial charge in [0.1, 0.15) is 29.6 Å². The average molecular weight is 742 g/mol. The molecule has 1 aromatic heterocycles. The van der Waals surface area contributed by atoms with Gasteiger partial charge in [0.2, 0.25) is 0 Å². The molecule has 0 radical (unpaired) electrons. The van der Waals surface area contributed by atoms with Crippen LogP contribution in [0.1, 0.15) is 11.1 Å². The molecule has 0 aliphatic heterocycles. The summed E-state index contributed by atoms with van der Waals surface area (Å²) in [6.45, 7) is 2.99. The maximum Gasteiger partial charge on any atom is 0.191 e. The molecule has 0 aliphatic rings. The van der Waals surface area contributed by atoms with Gasteiger partial charge >= 0.3 is 0 Å². The first-order chi connectivity index (χ1) is 21.4. The van der Waals surface area contributed by atoms with Gasteiger partial charge in [0, 0.05) is 26.5 Å². The number of hydrogen-bond acceptors (Lipinski definition) is 7. The lowest BCUT2D eigenvalue weighted by molar-refractivity contribution is 0.323. The van der Waals surface area contributed by atoms with Crippen molar-refractivity contribution in [2.45, 2.75) is 24.0 Å². The molecule has 0 N–H and O–H groups in total. The first-order valence-electron chi connectivity index (χ1n) is 13.9. The second-order valence-electron chi connectivity index (χ2n) is 10.1. The fourth-order valence-corrected chi connectivity index (χ4v) is 6.16. The molecule has 5 rings (SSSR count). The van der Waals surface area contributed by atoms with Crippen molar-refractivity contribution in [2.24, 2.45) is 0 Å². The van der Waals surface area contributed by atoms with Crippen molar-refractivity contribution in [1.29, 1.82) is 0 Å². The van der Waals surface area contributed by atoms with Crippen LogP contribution in [-0.4, -0.2) is 53.8 Å². The Morgan fingerprint density at radius 3 is 2.14 bits per heavy atom. The van der Waals surface area contributed by atoms with Gasteiger partial charge in [-0.3, -0.25) is 4.57 Å². The number of alkyl halides is 1. The van der Waals surface area contributed by atoms with E-state index >= 15 is 0 Å². The minimum Gasteiger partial charge on any atom is -0.497 e. The van der Waals surface area contributed by atoms with Gasteiger partial charge in [0.05, 0.1) is 33.3 Å². The summed E-state index contributed by atoms with van der Waals surface area (Å²) < 4.78 is 25.9. The highest BCUT2D eigenvalue weighted by molar-refractivity contribution is 14.1. The Morgan fingerprint density at radius 1 is 0.795 bits per heavy atom. The van der Waals surface area contributed by atoms with Crippen molar-refractivity contribution in [1.82, 2.24) is 14.8 Å². The van der Waals surface area contributed by atoms with Gasteiger partial charge in [0.25, 0.3) is 0 Å². The van der Waals surface area contributed by atoms with Gasteiger partial charge in [-0.15, -0.1) is 21.8 Å². The SMILES string of the molecule is COc1ccc(Cn2c(SCC(Cl)COc3ccc(I)cc3-c3ccc(C)cc3)nnc2-c2cc(OC)cc(OC)c2)cc1. The Labute approximate surface area is 281 Å². The summed E-state index contributed by atoms with van der Waals surface area (Å²) in [6, 6.07) is 28.3. The molecule has 1 atom stereocenters. The van der Waals surface area contributed by atoms with Crippen molar-refractivity contribution >= 4 is 46.0 Å². The molecular weight excluding hydrogens is 709 g/mol. The van der Waals surface area contributed by atoms with E-state index in [4.69, 9.17) is 30.5 Å². The van der Waals surface area contributed by atoms with Gasteiger partial charge in [-0.05, 0) is 83.1 Å². The molecule has 0 amide bonds. The van der Waals surface area contributed by atoms with E-state index in [1.807, 2.05) is 54.6 Å². The van der Waals surface area contributed by atoms with Gasteiger partial charge < -0.3 is 18.9 Å². The number of methoxy groups -OCH3 is 3. The molecule has 0 saturated heterocycles. The number of benzene rings is 4. The van der Waals surface area contributed by atoms with Gasteiger partial charge in [-0.25, -0.2) is 0 Å². The van der Waals surface area contributed by atoms with E-state index < -0.39 is 0 Å². The first-order valence-corrected chi connectivity index (χ1v) is 16.4. The summed E-state index contributed by atoms with van der Waals surface area (Å²) in [5.41, 5.74) is 5.29. The zero-order valence-electron chi connectivity index (χ0n) is 24.9. The average Bonchev–Trinajstić information content (AvgIpc) is 3.45. The topological polar surface area (TPSA) is 67.6 Å². The summed E-state index contributed by atoms with van der Waals surface area (Å²) in [5, 5.41) is 9.62. The highest BCUT2D eigenvalue weighted by Crippen LogP contribution is 2.34. The second-order valence-corrected chi connectivity index (χ2v) is 12.9. The molecule has 1 heterocycles. The fourth-order valence-electron chi connectivity index (χ4n) is 4.58. The number of thioether (sulfide) groups is 1. The molecule has 5 aromatic rings. The van der Waals surface area contributed by atoms with Crippen molar-refractivity contribution < 1.29 is 18.9 Å². The molecule has 4 aromatic carbocycles. The van der Waals surface area contributed by atoms with Crippen LogP contribution in [-0.2, 0) is 6.54 Å². The van der Waals surface area contributed by atoms with Crippen molar-refractivity contribution in [3.05, 3.63) is 99.6 Å². The molecule has 0 aliphatic carbocycles. The molecule has 44 heavy (non-hydrogen) atoms. The van der Waals surface area contributed by atoms with E-state index in [0.29, 0.717) is 36.2 Å². The Hall–Kier alpha value is -3.41. The largest absolute Gasteiger partial charge is 0.497 e. The molecule has 228 valence electrons. The van der Waals surface area contributed by atoms with Gasteiger partial charge in [0.15, 0.2) is 11.0 Å². The predicted molar refractivity (Wildman–Crippen MR) is 186 cm³/mol. The van der Waals surface area contributed by atoms with Crippen LogP contribution in [0.2, 0.25) is 0 Å². The smallest absolute Gasteiger partial charge is 0.191 e. The van der Waals surface area contributed by atoms with E-state index in [-0.39, 0.29) is 5.38 Å². The first kappa shape index (κ1) is 32.0. The zero-order chi connectivity index (χ0) is 31.1. The lowest BCUT2D eigenvalue weighted by Crippen LogP contribution is -2.15. The number of hydrogen-bond donors (Lipinski definition) is 0. The quantitative estimate of drug-likeness (QED) is 0.0683. The normalized spacial score (nSPS) is 11.7. The van der Waals surface area contributed by atoms with E-state index in [0.717, 1.165) is 42.5 Å². The van der Waals surface area contributed by atoms with Gasteiger partial charge in [-0.1, -0.05) is 53.7 Å². The fraction of sp³-hybridized carbons (Fsp3) is 0.235. The summed E-state index contributed by atoms with van der Waals surface area (Å²) in [7, 11) is 4.92. The van der Waals surface area contributed by atoms with E-state index in [9.17, 15) is 0 Å². The standard InChI is InChI=1S/C34H33ClIN3O4S/c1-22-5-9-24(10-6-22)31-17-27(36)11-14-32(31)43-20-26(35)21-44-34-38-37-33(25-15-29(41-3)18-30(16-25)42-4)39(34)19-23-7-12-28(40-2)13-8-23/h5-18,26H,19-21H2,1-4H3. The summed E-state index contributed by atoms with van der Waals surface area (Å²) >= 11 is 10.7. The number of aromatic nitrogens is 3. The highest BCUT2D eigenvalue weighted by Gasteiger charge is 2.19. The van der Waals surface area contributed by atoms with E-state index in [1.54, 1.807) is 33.1 Å². The molecule has 0 spiro atoms. The third-order valence-electron chi connectivity index (χ3n) is 6.94. The van der Waals surface area contributed by atoms with Crippen LogP contribution in [0.25, 0.3) is 22.5 Å². The number of ether oxygens (including phenoxy) is 4. The Kier molecular flexibility index (Phi) is 10.9. The minimum atomic E-state index is -0.267. The molecule has 7 nitrogen and oxygen atoms in total.